The average molecular weight is 307 g/mol. The third-order valence-electron chi connectivity index (χ3n) is 4.02. The Morgan fingerprint density at radius 3 is 2.76 bits per heavy atom. The van der Waals surface area contributed by atoms with E-state index in [4.69, 9.17) is 5.11 Å². The molecule has 0 spiro atoms. The van der Waals surface area contributed by atoms with Gasteiger partial charge in [-0.15, -0.1) is 11.3 Å². The van der Waals surface area contributed by atoms with Crippen molar-refractivity contribution in [2.75, 3.05) is 0 Å². The predicted octanol–water partition coefficient (Wildman–Crippen LogP) is 3.43. The summed E-state index contributed by atoms with van der Waals surface area (Å²) in [6.07, 6.45) is 8.11. The smallest absolute Gasteiger partial charge is 0.328 e. The normalized spacial score (nSPS) is 17.8. The van der Waals surface area contributed by atoms with Crippen LogP contribution in [-0.2, 0) is 16.1 Å². The van der Waals surface area contributed by atoms with Crippen LogP contribution in [0.1, 0.15) is 49.5 Å². The van der Waals surface area contributed by atoms with Crippen LogP contribution in [0, 0.1) is 5.41 Å². The molecule has 2 N–H and O–H groups in total. The van der Waals surface area contributed by atoms with Gasteiger partial charge in [0.1, 0.15) is 0 Å². The molecule has 4 nitrogen and oxygen atoms in total. The van der Waals surface area contributed by atoms with Gasteiger partial charge in [0.2, 0.25) is 5.91 Å². The number of hydrogen-bond donors (Lipinski definition) is 2. The second-order valence-corrected chi connectivity index (χ2v) is 6.82. The van der Waals surface area contributed by atoms with Gasteiger partial charge in [0, 0.05) is 16.4 Å². The molecule has 5 heteroatoms. The molecule has 1 aromatic rings. The summed E-state index contributed by atoms with van der Waals surface area (Å²) in [6.45, 7) is 2.57. The van der Waals surface area contributed by atoms with Gasteiger partial charge in [-0.3, -0.25) is 4.79 Å². The monoisotopic (exact) mass is 307 g/mol. The van der Waals surface area contributed by atoms with Crippen LogP contribution in [0.5, 0.6) is 0 Å². The number of nitrogens with one attached hydrogen (secondary N) is 1. The van der Waals surface area contributed by atoms with Crippen molar-refractivity contribution >= 4 is 29.3 Å². The fourth-order valence-electron chi connectivity index (χ4n) is 2.69. The number of hydrogen-bond acceptors (Lipinski definition) is 3. The van der Waals surface area contributed by atoms with Gasteiger partial charge in [0.15, 0.2) is 0 Å². The van der Waals surface area contributed by atoms with E-state index in [1.807, 2.05) is 11.4 Å². The molecule has 0 radical (unpaired) electrons. The van der Waals surface area contributed by atoms with Crippen molar-refractivity contribution in [3.05, 3.63) is 28.0 Å². The first kappa shape index (κ1) is 15.8. The third kappa shape index (κ3) is 4.43. The maximum Gasteiger partial charge on any atom is 0.328 e. The second kappa shape index (κ2) is 6.89. The zero-order valence-electron chi connectivity index (χ0n) is 12.2. The number of amides is 1. The van der Waals surface area contributed by atoms with Gasteiger partial charge in [0.05, 0.1) is 6.54 Å². The lowest BCUT2D eigenvalue weighted by Crippen LogP contribution is -2.39. The molecule has 0 unspecified atom stereocenters. The summed E-state index contributed by atoms with van der Waals surface area (Å²) in [5.74, 6) is -0.820. The average Bonchev–Trinajstić information content (AvgIpc) is 2.91. The molecule has 1 aliphatic rings. The fourth-order valence-corrected chi connectivity index (χ4v) is 3.48. The highest BCUT2D eigenvalue weighted by Gasteiger charge is 2.34. The summed E-state index contributed by atoms with van der Waals surface area (Å²) in [7, 11) is 0. The van der Waals surface area contributed by atoms with Crippen LogP contribution < -0.4 is 5.32 Å². The highest BCUT2D eigenvalue weighted by Crippen LogP contribution is 2.35. The Balaban J connectivity index is 1.88. The summed E-state index contributed by atoms with van der Waals surface area (Å²) in [4.78, 5) is 23.8. The molecule has 1 amide bonds. The molecular weight excluding hydrogens is 286 g/mol. The molecule has 1 aliphatic carbocycles. The Bertz CT molecular complexity index is 541. The van der Waals surface area contributed by atoms with Crippen molar-refractivity contribution in [2.45, 2.75) is 45.6 Å². The Morgan fingerprint density at radius 1 is 1.38 bits per heavy atom. The summed E-state index contributed by atoms with van der Waals surface area (Å²) in [5, 5.41) is 13.5. The Labute approximate surface area is 128 Å². The van der Waals surface area contributed by atoms with Crippen LogP contribution in [0.3, 0.4) is 0 Å². The van der Waals surface area contributed by atoms with E-state index in [-0.39, 0.29) is 11.3 Å². The SMILES string of the molecule is CC1(C(=O)NCc2cc(/C=C/C(=O)O)cs2)CCCCC1. The highest BCUT2D eigenvalue weighted by atomic mass is 32.1. The molecule has 0 bridgehead atoms. The van der Waals surface area contributed by atoms with Crippen LogP contribution in [0.2, 0.25) is 0 Å². The standard InChI is InChI=1S/C16H21NO3S/c1-16(7-3-2-4-8-16)15(20)17-10-13-9-12(11-21-13)5-6-14(18)19/h5-6,9,11H,2-4,7-8,10H2,1H3,(H,17,20)(H,18,19)/b6-5+. The topological polar surface area (TPSA) is 66.4 Å². The van der Waals surface area contributed by atoms with E-state index >= 15 is 0 Å². The molecule has 1 fully saturated rings. The number of carboxylic acids is 1. The van der Waals surface area contributed by atoms with Gasteiger partial charge in [0.25, 0.3) is 0 Å². The van der Waals surface area contributed by atoms with Gasteiger partial charge in [-0.05, 0) is 35.9 Å². The first-order valence-electron chi connectivity index (χ1n) is 7.26. The molecule has 1 saturated carbocycles. The lowest BCUT2D eigenvalue weighted by atomic mass is 9.75. The van der Waals surface area contributed by atoms with Crippen molar-refractivity contribution < 1.29 is 14.7 Å². The number of aliphatic carboxylic acids is 1. The molecule has 0 aliphatic heterocycles. The number of carboxylic acid groups (broad SMARTS) is 1. The van der Waals surface area contributed by atoms with Crippen molar-refractivity contribution in [2.24, 2.45) is 5.41 Å². The number of carbonyl (C=O) groups excluding carboxylic acids is 1. The molecule has 21 heavy (non-hydrogen) atoms. The summed E-state index contributed by atoms with van der Waals surface area (Å²) < 4.78 is 0. The minimum absolute atomic E-state index is 0.137. The van der Waals surface area contributed by atoms with Crippen LogP contribution in [-0.4, -0.2) is 17.0 Å². The van der Waals surface area contributed by atoms with Crippen LogP contribution in [0.25, 0.3) is 6.08 Å². The number of thiophene rings is 1. The van der Waals surface area contributed by atoms with E-state index in [1.165, 1.54) is 17.8 Å². The summed E-state index contributed by atoms with van der Waals surface area (Å²) in [6, 6.07) is 1.91. The van der Waals surface area contributed by atoms with E-state index in [9.17, 15) is 9.59 Å². The third-order valence-corrected chi connectivity index (χ3v) is 4.98. The van der Waals surface area contributed by atoms with E-state index < -0.39 is 5.97 Å². The summed E-state index contributed by atoms with van der Waals surface area (Å²) >= 11 is 1.53. The van der Waals surface area contributed by atoms with E-state index in [0.29, 0.717) is 6.54 Å². The molecule has 0 atom stereocenters. The minimum atomic E-state index is -0.957. The lowest BCUT2D eigenvalue weighted by Gasteiger charge is -2.31. The molecular formula is C16H21NO3S. The summed E-state index contributed by atoms with van der Waals surface area (Å²) in [5.41, 5.74) is 0.636. The Morgan fingerprint density at radius 2 is 2.10 bits per heavy atom. The first-order valence-corrected chi connectivity index (χ1v) is 8.14. The molecule has 1 heterocycles. The van der Waals surface area contributed by atoms with Crippen LogP contribution >= 0.6 is 11.3 Å². The van der Waals surface area contributed by atoms with E-state index in [1.54, 1.807) is 6.08 Å². The van der Waals surface area contributed by atoms with Gasteiger partial charge in [-0.25, -0.2) is 4.79 Å². The van der Waals surface area contributed by atoms with Crippen LogP contribution in [0.15, 0.2) is 17.5 Å². The van der Waals surface area contributed by atoms with Gasteiger partial charge in [-0.1, -0.05) is 26.2 Å². The maximum atomic E-state index is 12.3. The molecule has 0 aromatic carbocycles. The minimum Gasteiger partial charge on any atom is -0.478 e. The molecule has 2 rings (SSSR count). The van der Waals surface area contributed by atoms with Gasteiger partial charge >= 0.3 is 5.97 Å². The Kier molecular flexibility index (Phi) is 5.17. The zero-order chi connectivity index (χ0) is 15.3. The van der Waals surface area contributed by atoms with Crippen molar-refractivity contribution in [1.82, 2.24) is 5.32 Å². The second-order valence-electron chi connectivity index (χ2n) is 5.82. The highest BCUT2D eigenvalue weighted by molar-refractivity contribution is 7.10. The zero-order valence-corrected chi connectivity index (χ0v) is 13.0. The van der Waals surface area contributed by atoms with Gasteiger partial charge in [-0.2, -0.15) is 0 Å². The van der Waals surface area contributed by atoms with E-state index in [0.717, 1.165) is 42.2 Å². The number of rotatable bonds is 5. The predicted molar refractivity (Wildman–Crippen MR) is 84.0 cm³/mol. The Hall–Kier alpha value is -1.62. The van der Waals surface area contributed by atoms with Crippen molar-refractivity contribution in [1.29, 1.82) is 0 Å². The number of carbonyl (C=O) groups is 2. The molecule has 0 saturated heterocycles. The molecule has 1 aromatic heterocycles. The fraction of sp³-hybridized carbons (Fsp3) is 0.500. The van der Waals surface area contributed by atoms with Crippen molar-refractivity contribution in [3.8, 4) is 0 Å². The van der Waals surface area contributed by atoms with Crippen molar-refractivity contribution in [3.63, 3.8) is 0 Å². The van der Waals surface area contributed by atoms with E-state index in [2.05, 4.69) is 12.2 Å². The lowest BCUT2D eigenvalue weighted by molar-refractivity contribution is -0.132. The molecule has 114 valence electrons. The van der Waals surface area contributed by atoms with Gasteiger partial charge < -0.3 is 10.4 Å². The first-order chi connectivity index (χ1) is 9.99. The maximum absolute atomic E-state index is 12.3. The largest absolute Gasteiger partial charge is 0.478 e. The quantitative estimate of drug-likeness (QED) is 0.819. The van der Waals surface area contributed by atoms with Crippen LogP contribution in [0.4, 0.5) is 0 Å².